The van der Waals surface area contributed by atoms with E-state index in [0.717, 1.165) is 5.92 Å². The molecule has 2 fully saturated rings. The highest BCUT2D eigenvalue weighted by molar-refractivity contribution is 5.19. The SMILES string of the molecule is CC(C)/C=C/C1N(C)CC2CC21C. The molecule has 1 saturated carbocycles. The molecule has 0 radical (unpaired) electrons. The maximum atomic E-state index is 2.51. The molecule has 74 valence electrons. The lowest BCUT2D eigenvalue weighted by Gasteiger charge is -2.24. The summed E-state index contributed by atoms with van der Waals surface area (Å²) in [4.78, 5) is 2.51. The Bertz CT molecular complexity index is 231. The van der Waals surface area contributed by atoms with Gasteiger partial charge in [-0.15, -0.1) is 0 Å². The van der Waals surface area contributed by atoms with Crippen LogP contribution in [0.5, 0.6) is 0 Å². The molecule has 13 heavy (non-hydrogen) atoms. The molecule has 3 unspecified atom stereocenters. The van der Waals surface area contributed by atoms with E-state index in [1.807, 2.05) is 0 Å². The number of nitrogens with zero attached hydrogens (tertiary/aromatic N) is 1. The molecule has 0 N–H and O–H groups in total. The topological polar surface area (TPSA) is 3.24 Å². The lowest BCUT2D eigenvalue weighted by atomic mass is 9.97. The van der Waals surface area contributed by atoms with Crippen LogP contribution in [0.2, 0.25) is 0 Å². The molecule has 2 rings (SSSR count). The minimum atomic E-state index is 0.625. The number of rotatable bonds is 2. The number of hydrogen-bond acceptors (Lipinski definition) is 1. The fourth-order valence-corrected chi connectivity index (χ4v) is 2.77. The Hall–Kier alpha value is -0.300. The van der Waals surface area contributed by atoms with Crippen molar-refractivity contribution in [3.8, 4) is 0 Å². The third kappa shape index (κ3) is 1.43. The van der Waals surface area contributed by atoms with Gasteiger partial charge >= 0.3 is 0 Å². The molecule has 0 aromatic rings. The summed E-state index contributed by atoms with van der Waals surface area (Å²) in [6, 6.07) is 0.708. The molecule has 1 saturated heterocycles. The zero-order chi connectivity index (χ0) is 9.64. The van der Waals surface area contributed by atoms with Crippen LogP contribution < -0.4 is 0 Å². The zero-order valence-electron chi connectivity index (χ0n) is 9.25. The monoisotopic (exact) mass is 179 g/mol. The third-order valence-corrected chi connectivity index (χ3v) is 3.80. The Labute approximate surface area is 81.8 Å². The molecule has 3 atom stereocenters. The predicted molar refractivity (Wildman–Crippen MR) is 56.6 cm³/mol. The number of likely N-dealkylation sites (tertiary alicyclic amines) is 1. The third-order valence-electron chi connectivity index (χ3n) is 3.80. The van der Waals surface area contributed by atoms with Gasteiger partial charge in [0.25, 0.3) is 0 Å². The molecule has 2 aliphatic rings. The van der Waals surface area contributed by atoms with Crippen LogP contribution in [0.3, 0.4) is 0 Å². The lowest BCUT2D eigenvalue weighted by Crippen LogP contribution is -2.30. The Balaban J connectivity index is 2.05. The number of piperidine rings is 1. The van der Waals surface area contributed by atoms with Crippen LogP contribution in [0.4, 0.5) is 0 Å². The summed E-state index contributed by atoms with van der Waals surface area (Å²) in [5.41, 5.74) is 0.625. The van der Waals surface area contributed by atoms with Crippen LogP contribution >= 0.6 is 0 Å². The minimum absolute atomic E-state index is 0.625. The van der Waals surface area contributed by atoms with E-state index in [0.29, 0.717) is 17.4 Å². The van der Waals surface area contributed by atoms with Gasteiger partial charge < -0.3 is 0 Å². The van der Waals surface area contributed by atoms with Crippen LogP contribution in [0.15, 0.2) is 12.2 Å². The van der Waals surface area contributed by atoms with Gasteiger partial charge in [0.1, 0.15) is 0 Å². The van der Waals surface area contributed by atoms with Gasteiger partial charge in [-0.05, 0) is 30.7 Å². The quantitative estimate of drug-likeness (QED) is 0.589. The molecule has 0 aromatic carbocycles. The Morgan fingerprint density at radius 2 is 2.15 bits per heavy atom. The molecule has 1 heteroatoms. The van der Waals surface area contributed by atoms with Gasteiger partial charge in [0.05, 0.1) is 0 Å². The van der Waals surface area contributed by atoms with E-state index < -0.39 is 0 Å². The van der Waals surface area contributed by atoms with E-state index in [1.54, 1.807) is 0 Å². The summed E-state index contributed by atoms with van der Waals surface area (Å²) in [6.45, 7) is 8.25. The van der Waals surface area contributed by atoms with Gasteiger partial charge in [-0.2, -0.15) is 0 Å². The standard InChI is InChI=1S/C12H21N/c1-9(2)5-6-11-12(3)7-10(12)8-13(11)4/h5-6,9-11H,7-8H2,1-4H3/b6-5+. The van der Waals surface area contributed by atoms with Crippen molar-refractivity contribution in [1.82, 2.24) is 4.90 Å². The second-order valence-corrected chi connectivity index (χ2v) is 5.42. The summed E-state index contributed by atoms with van der Waals surface area (Å²) in [5.74, 6) is 1.68. The Kier molecular flexibility index (Phi) is 2.03. The fourth-order valence-electron chi connectivity index (χ4n) is 2.77. The first-order valence-corrected chi connectivity index (χ1v) is 5.42. The molecule has 1 nitrogen and oxygen atoms in total. The summed E-state index contributed by atoms with van der Waals surface area (Å²) in [6.07, 6.45) is 6.23. The summed E-state index contributed by atoms with van der Waals surface area (Å²) in [5, 5.41) is 0. The van der Waals surface area contributed by atoms with Crippen LogP contribution in [-0.4, -0.2) is 24.5 Å². The lowest BCUT2D eigenvalue weighted by molar-refractivity contribution is 0.276. The van der Waals surface area contributed by atoms with E-state index in [1.165, 1.54) is 13.0 Å². The molecule has 0 spiro atoms. The van der Waals surface area contributed by atoms with Crippen LogP contribution in [0.1, 0.15) is 27.2 Å². The first-order valence-electron chi connectivity index (χ1n) is 5.42. The van der Waals surface area contributed by atoms with Crippen LogP contribution in [0.25, 0.3) is 0 Å². The van der Waals surface area contributed by atoms with Gasteiger partial charge in [0.2, 0.25) is 0 Å². The summed E-state index contributed by atoms with van der Waals surface area (Å²) in [7, 11) is 2.26. The largest absolute Gasteiger partial charge is 0.299 e. The van der Waals surface area contributed by atoms with E-state index >= 15 is 0 Å². The van der Waals surface area contributed by atoms with Gasteiger partial charge in [0.15, 0.2) is 0 Å². The smallest absolute Gasteiger partial charge is 0.0332 e. The number of hydrogen-bond donors (Lipinski definition) is 0. The second-order valence-electron chi connectivity index (χ2n) is 5.42. The fraction of sp³-hybridized carbons (Fsp3) is 0.833. The van der Waals surface area contributed by atoms with Crippen molar-refractivity contribution in [3.63, 3.8) is 0 Å². The first-order chi connectivity index (χ1) is 6.04. The zero-order valence-corrected chi connectivity index (χ0v) is 9.25. The van der Waals surface area contributed by atoms with Crippen LogP contribution in [-0.2, 0) is 0 Å². The highest BCUT2D eigenvalue weighted by Gasteiger charge is 2.60. The van der Waals surface area contributed by atoms with E-state index in [4.69, 9.17) is 0 Å². The normalized spacial score (nSPS) is 44.7. The average molecular weight is 179 g/mol. The molecule has 1 aliphatic heterocycles. The van der Waals surface area contributed by atoms with Crippen molar-refractivity contribution >= 4 is 0 Å². The molecule has 1 heterocycles. The minimum Gasteiger partial charge on any atom is -0.299 e. The Morgan fingerprint density at radius 1 is 1.46 bits per heavy atom. The highest BCUT2D eigenvalue weighted by Crippen LogP contribution is 2.61. The van der Waals surface area contributed by atoms with Crippen molar-refractivity contribution in [1.29, 1.82) is 0 Å². The molecule has 1 aliphatic carbocycles. The van der Waals surface area contributed by atoms with Crippen molar-refractivity contribution < 1.29 is 0 Å². The van der Waals surface area contributed by atoms with Crippen LogP contribution in [0, 0.1) is 17.3 Å². The summed E-state index contributed by atoms with van der Waals surface area (Å²) >= 11 is 0. The molecular formula is C12H21N. The van der Waals surface area contributed by atoms with Crippen molar-refractivity contribution in [2.75, 3.05) is 13.6 Å². The first kappa shape index (κ1) is 9.26. The maximum absolute atomic E-state index is 2.51. The van der Waals surface area contributed by atoms with Gasteiger partial charge in [-0.25, -0.2) is 0 Å². The van der Waals surface area contributed by atoms with E-state index in [-0.39, 0.29) is 0 Å². The second kappa shape index (κ2) is 2.84. The number of allylic oxidation sites excluding steroid dienone is 1. The van der Waals surface area contributed by atoms with Gasteiger partial charge in [-0.3, -0.25) is 4.90 Å². The van der Waals surface area contributed by atoms with Gasteiger partial charge in [0, 0.05) is 12.6 Å². The van der Waals surface area contributed by atoms with Crippen molar-refractivity contribution in [3.05, 3.63) is 12.2 Å². The summed E-state index contributed by atoms with van der Waals surface area (Å²) < 4.78 is 0. The average Bonchev–Trinajstić information content (AvgIpc) is 2.55. The van der Waals surface area contributed by atoms with Crippen molar-refractivity contribution in [2.45, 2.75) is 33.2 Å². The van der Waals surface area contributed by atoms with E-state index in [2.05, 4.69) is 44.9 Å². The van der Waals surface area contributed by atoms with Gasteiger partial charge in [-0.1, -0.05) is 32.9 Å². The molecule has 0 amide bonds. The van der Waals surface area contributed by atoms with Crippen molar-refractivity contribution in [2.24, 2.45) is 17.3 Å². The predicted octanol–water partition coefficient (Wildman–Crippen LogP) is 2.54. The molecule has 0 bridgehead atoms. The Morgan fingerprint density at radius 3 is 2.62 bits per heavy atom. The van der Waals surface area contributed by atoms with E-state index in [9.17, 15) is 0 Å². The maximum Gasteiger partial charge on any atom is 0.0332 e. The number of fused-ring (bicyclic) bond motifs is 1. The molecular weight excluding hydrogens is 158 g/mol. The highest BCUT2D eigenvalue weighted by atomic mass is 15.2. The molecule has 0 aromatic heterocycles. The number of likely N-dealkylation sites (N-methyl/N-ethyl adjacent to an activating group) is 1.